The molecule has 0 N–H and O–H groups in total. The van der Waals surface area contributed by atoms with Crippen molar-refractivity contribution in [1.29, 1.82) is 0 Å². The first kappa shape index (κ1) is 16.8. The molecule has 7 heteroatoms. The van der Waals surface area contributed by atoms with E-state index in [1.54, 1.807) is 6.33 Å². The molecule has 134 valence electrons. The smallest absolute Gasteiger partial charge is 0.143 e. The van der Waals surface area contributed by atoms with Crippen LogP contribution in [0, 0.1) is 19.8 Å². The maximum absolute atomic E-state index is 5.22. The molecule has 1 aliphatic heterocycles. The molecule has 0 spiro atoms. The van der Waals surface area contributed by atoms with Gasteiger partial charge in [0.15, 0.2) is 0 Å². The minimum atomic E-state index is 0.610. The van der Waals surface area contributed by atoms with E-state index in [0.717, 1.165) is 60.0 Å². The first-order valence-corrected chi connectivity index (χ1v) is 8.89. The molecular weight excluding hydrogens is 328 g/mol. The van der Waals surface area contributed by atoms with Gasteiger partial charge in [-0.15, -0.1) is 0 Å². The van der Waals surface area contributed by atoms with Crippen molar-refractivity contribution >= 4 is 0 Å². The third kappa shape index (κ3) is 3.62. The van der Waals surface area contributed by atoms with Crippen LogP contribution in [-0.2, 0) is 13.0 Å². The molecule has 1 atom stereocenters. The lowest BCUT2D eigenvalue weighted by molar-refractivity contribution is 0.315. The van der Waals surface area contributed by atoms with Gasteiger partial charge in [-0.25, -0.2) is 9.97 Å². The summed E-state index contributed by atoms with van der Waals surface area (Å²) in [5.74, 6) is 1.39. The van der Waals surface area contributed by atoms with Crippen LogP contribution in [0.15, 0.2) is 35.6 Å². The molecular formula is C19H22N6O. The van der Waals surface area contributed by atoms with Gasteiger partial charge >= 0.3 is 0 Å². The highest BCUT2D eigenvalue weighted by atomic mass is 16.5. The fourth-order valence-corrected chi connectivity index (χ4v) is 3.63. The molecule has 0 amide bonds. The van der Waals surface area contributed by atoms with Gasteiger partial charge in [0.1, 0.15) is 12.1 Å². The third-order valence-corrected chi connectivity index (χ3v) is 4.88. The zero-order chi connectivity index (χ0) is 17.9. The van der Waals surface area contributed by atoms with Gasteiger partial charge in [0.25, 0.3) is 0 Å². The van der Waals surface area contributed by atoms with E-state index in [1.165, 1.54) is 6.42 Å². The summed E-state index contributed by atoms with van der Waals surface area (Å²) < 4.78 is 5.22. The summed E-state index contributed by atoms with van der Waals surface area (Å²) in [5, 5.41) is 3.98. The van der Waals surface area contributed by atoms with Crippen molar-refractivity contribution in [2.75, 3.05) is 13.1 Å². The number of hydrogen-bond donors (Lipinski definition) is 0. The van der Waals surface area contributed by atoms with Crippen LogP contribution >= 0.6 is 0 Å². The Hall–Kier alpha value is -2.67. The van der Waals surface area contributed by atoms with E-state index in [0.29, 0.717) is 5.92 Å². The molecule has 0 aromatic carbocycles. The van der Waals surface area contributed by atoms with Crippen LogP contribution in [0.4, 0.5) is 0 Å². The quantitative estimate of drug-likeness (QED) is 0.699. The molecule has 1 aliphatic rings. The van der Waals surface area contributed by atoms with Crippen molar-refractivity contribution in [2.45, 2.75) is 33.2 Å². The van der Waals surface area contributed by atoms with E-state index in [4.69, 9.17) is 4.52 Å². The maximum Gasteiger partial charge on any atom is 0.143 e. The average Bonchev–Trinajstić information content (AvgIpc) is 3.23. The van der Waals surface area contributed by atoms with Gasteiger partial charge < -0.3 is 4.52 Å². The monoisotopic (exact) mass is 350 g/mol. The molecule has 26 heavy (non-hydrogen) atoms. The third-order valence-electron chi connectivity index (χ3n) is 4.88. The van der Waals surface area contributed by atoms with Crippen molar-refractivity contribution in [3.8, 4) is 11.3 Å². The second-order valence-electron chi connectivity index (χ2n) is 6.93. The molecule has 4 heterocycles. The summed E-state index contributed by atoms with van der Waals surface area (Å²) in [6.45, 7) is 6.91. The van der Waals surface area contributed by atoms with Gasteiger partial charge in [-0.1, -0.05) is 5.16 Å². The summed E-state index contributed by atoms with van der Waals surface area (Å²) >= 11 is 0. The molecule has 0 radical (unpaired) electrons. The predicted molar refractivity (Wildman–Crippen MR) is 96.1 cm³/mol. The fourth-order valence-electron chi connectivity index (χ4n) is 3.63. The zero-order valence-corrected chi connectivity index (χ0v) is 15.1. The number of aromatic nitrogens is 5. The van der Waals surface area contributed by atoms with Crippen molar-refractivity contribution in [3.63, 3.8) is 0 Å². The Morgan fingerprint density at radius 2 is 1.96 bits per heavy atom. The number of nitrogens with zero attached hydrogens (tertiary/aromatic N) is 6. The van der Waals surface area contributed by atoms with Crippen LogP contribution in [0.1, 0.15) is 29.1 Å². The van der Waals surface area contributed by atoms with Crippen LogP contribution in [-0.4, -0.2) is 43.1 Å². The molecule has 1 fully saturated rings. The van der Waals surface area contributed by atoms with Crippen LogP contribution in [0.5, 0.6) is 0 Å². The molecule has 0 aliphatic carbocycles. The molecule has 1 unspecified atom stereocenters. The van der Waals surface area contributed by atoms with Gasteiger partial charge in [0, 0.05) is 37.2 Å². The van der Waals surface area contributed by atoms with Crippen LogP contribution in [0.25, 0.3) is 11.3 Å². The Bertz CT molecular complexity index is 842. The van der Waals surface area contributed by atoms with Crippen LogP contribution < -0.4 is 0 Å². The highest BCUT2D eigenvalue weighted by Gasteiger charge is 2.23. The lowest BCUT2D eigenvalue weighted by Gasteiger charge is -2.15. The van der Waals surface area contributed by atoms with Gasteiger partial charge in [-0.05, 0) is 39.2 Å². The van der Waals surface area contributed by atoms with Crippen molar-refractivity contribution in [3.05, 3.63) is 53.8 Å². The molecule has 0 saturated carbocycles. The van der Waals surface area contributed by atoms with E-state index in [2.05, 4.69) is 30.0 Å². The van der Waals surface area contributed by atoms with Gasteiger partial charge in [0.2, 0.25) is 0 Å². The normalized spacial score (nSPS) is 17.7. The second-order valence-corrected chi connectivity index (χ2v) is 6.93. The fraction of sp³-hybridized carbons (Fsp3) is 0.421. The largest absolute Gasteiger partial charge is 0.361 e. The number of likely N-dealkylation sites (tertiary alicyclic amines) is 1. The molecule has 3 aromatic heterocycles. The summed E-state index contributed by atoms with van der Waals surface area (Å²) in [5.41, 5.74) is 4.82. The van der Waals surface area contributed by atoms with Crippen molar-refractivity contribution < 1.29 is 4.52 Å². The SMILES string of the molecule is Cc1noc(C)c1-c1cnc(CC2CCN(Cc3cncnc3)C2)cn1. The minimum absolute atomic E-state index is 0.610. The lowest BCUT2D eigenvalue weighted by Crippen LogP contribution is -2.21. The van der Waals surface area contributed by atoms with Crippen molar-refractivity contribution in [1.82, 2.24) is 30.0 Å². The summed E-state index contributed by atoms with van der Waals surface area (Å²) in [4.78, 5) is 19.8. The zero-order valence-electron chi connectivity index (χ0n) is 15.1. The number of hydrogen-bond acceptors (Lipinski definition) is 7. The average molecular weight is 350 g/mol. The summed E-state index contributed by atoms with van der Waals surface area (Å²) in [6, 6.07) is 0. The molecule has 0 bridgehead atoms. The van der Waals surface area contributed by atoms with E-state index < -0.39 is 0 Å². The molecule has 7 nitrogen and oxygen atoms in total. The first-order chi connectivity index (χ1) is 12.7. The maximum atomic E-state index is 5.22. The van der Waals surface area contributed by atoms with Crippen molar-refractivity contribution in [2.24, 2.45) is 5.92 Å². The topological polar surface area (TPSA) is 80.8 Å². The van der Waals surface area contributed by atoms with E-state index in [9.17, 15) is 0 Å². The Labute approximate surface area is 152 Å². The Morgan fingerprint density at radius 1 is 1.12 bits per heavy atom. The van der Waals surface area contributed by atoms with Crippen LogP contribution in [0.2, 0.25) is 0 Å². The summed E-state index contributed by atoms with van der Waals surface area (Å²) in [7, 11) is 0. The number of rotatable bonds is 5. The van der Waals surface area contributed by atoms with Gasteiger partial charge in [-0.3, -0.25) is 14.9 Å². The second kappa shape index (κ2) is 7.29. The van der Waals surface area contributed by atoms with E-state index in [1.807, 2.05) is 38.6 Å². The Morgan fingerprint density at radius 3 is 2.65 bits per heavy atom. The minimum Gasteiger partial charge on any atom is -0.361 e. The Kier molecular flexibility index (Phi) is 4.71. The summed E-state index contributed by atoms with van der Waals surface area (Å²) in [6.07, 6.45) is 11.2. The predicted octanol–water partition coefficient (Wildman–Crippen LogP) is 2.60. The first-order valence-electron chi connectivity index (χ1n) is 8.89. The standard InChI is InChI=1S/C19H22N6O/c1-13-19(14(2)26-24-13)18-9-22-17(8-23-18)5-15-3-4-25(10-15)11-16-6-20-12-21-7-16/h6-9,12,15H,3-5,10-11H2,1-2H3. The van der Waals surface area contributed by atoms with Gasteiger partial charge in [-0.2, -0.15) is 0 Å². The van der Waals surface area contributed by atoms with E-state index in [-0.39, 0.29) is 0 Å². The highest BCUT2D eigenvalue weighted by Crippen LogP contribution is 2.25. The lowest BCUT2D eigenvalue weighted by atomic mass is 10.0. The van der Waals surface area contributed by atoms with Gasteiger partial charge in [0.05, 0.1) is 28.8 Å². The molecule has 1 saturated heterocycles. The van der Waals surface area contributed by atoms with E-state index >= 15 is 0 Å². The Balaban J connectivity index is 1.36. The molecule has 4 rings (SSSR count). The number of aryl methyl sites for hydroxylation is 2. The highest BCUT2D eigenvalue weighted by molar-refractivity contribution is 5.62. The van der Waals surface area contributed by atoms with Crippen LogP contribution in [0.3, 0.4) is 0 Å². The molecule has 3 aromatic rings.